The van der Waals surface area contributed by atoms with Gasteiger partial charge in [0.2, 0.25) is 0 Å². The van der Waals surface area contributed by atoms with Crippen LogP contribution < -0.4 is 4.72 Å². The molecule has 0 atom stereocenters. The van der Waals surface area contributed by atoms with E-state index in [1.165, 1.54) is 6.20 Å². The summed E-state index contributed by atoms with van der Waals surface area (Å²) < 4.78 is 29.5. The van der Waals surface area contributed by atoms with Gasteiger partial charge in [-0.2, -0.15) is 0 Å². The Morgan fingerprint density at radius 3 is 2.38 bits per heavy atom. The average Bonchev–Trinajstić information content (AvgIpc) is 2.98. The van der Waals surface area contributed by atoms with Crippen LogP contribution in [0.5, 0.6) is 0 Å². The molecule has 0 fully saturated rings. The number of pyridine rings is 1. The number of nitrogens with one attached hydrogen (secondary N) is 1. The summed E-state index contributed by atoms with van der Waals surface area (Å²) >= 11 is 0. The van der Waals surface area contributed by atoms with Gasteiger partial charge in [0, 0.05) is 11.9 Å². The zero-order valence-corrected chi connectivity index (χ0v) is 14.8. The van der Waals surface area contributed by atoms with Crippen LogP contribution in [0.2, 0.25) is 0 Å². The van der Waals surface area contributed by atoms with Crippen molar-refractivity contribution in [2.24, 2.45) is 0 Å². The molecule has 6 nitrogen and oxygen atoms in total. The number of aryl methyl sites for hydroxylation is 1. The van der Waals surface area contributed by atoms with Crippen molar-refractivity contribution >= 4 is 26.9 Å². The van der Waals surface area contributed by atoms with Crippen LogP contribution in [0, 0.1) is 6.92 Å². The van der Waals surface area contributed by atoms with E-state index in [-0.39, 0.29) is 10.7 Å². The number of hydrogen-bond acceptors (Lipinski definition) is 4. The molecule has 0 radical (unpaired) electrons. The van der Waals surface area contributed by atoms with Crippen LogP contribution in [0.3, 0.4) is 0 Å². The highest BCUT2D eigenvalue weighted by molar-refractivity contribution is 7.92. The number of rotatable bonds is 4. The van der Waals surface area contributed by atoms with Crippen molar-refractivity contribution in [2.75, 3.05) is 4.72 Å². The van der Waals surface area contributed by atoms with Crippen LogP contribution in [0.25, 0.3) is 16.7 Å². The summed E-state index contributed by atoms with van der Waals surface area (Å²) in [7, 11) is -3.69. The van der Waals surface area contributed by atoms with Crippen molar-refractivity contribution < 1.29 is 8.42 Å². The third-order valence-electron chi connectivity index (χ3n) is 4.04. The summed E-state index contributed by atoms with van der Waals surface area (Å²) in [6, 6.07) is 19.6. The molecular formula is C19H16N4O2S. The van der Waals surface area contributed by atoms with Crippen LogP contribution in [-0.4, -0.2) is 23.0 Å². The number of nitrogens with zero attached hydrogens (tertiary/aromatic N) is 3. The van der Waals surface area contributed by atoms with Gasteiger partial charge in [-0.15, -0.1) is 0 Å². The quantitative estimate of drug-likeness (QED) is 0.601. The number of sulfonamides is 1. The Kier molecular flexibility index (Phi) is 3.93. The molecule has 2 aromatic heterocycles. The summed E-state index contributed by atoms with van der Waals surface area (Å²) in [6.07, 6.45) is 1.54. The molecule has 0 aliphatic rings. The first-order valence-corrected chi connectivity index (χ1v) is 9.51. The van der Waals surface area contributed by atoms with Gasteiger partial charge in [-0.05, 0) is 55.5 Å². The lowest BCUT2D eigenvalue weighted by molar-refractivity contribution is 0.601. The van der Waals surface area contributed by atoms with Gasteiger partial charge < -0.3 is 0 Å². The van der Waals surface area contributed by atoms with E-state index in [1.54, 1.807) is 42.5 Å². The summed E-state index contributed by atoms with van der Waals surface area (Å²) in [4.78, 5) is 8.71. The summed E-state index contributed by atoms with van der Waals surface area (Å²) in [6.45, 7) is 1.92. The highest BCUT2D eigenvalue weighted by Gasteiger charge is 2.15. The van der Waals surface area contributed by atoms with E-state index in [2.05, 4.69) is 14.7 Å². The molecule has 4 aromatic rings. The Morgan fingerprint density at radius 1 is 0.923 bits per heavy atom. The Balaban J connectivity index is 1.69. The summed E-state index contributed by atoms with van der Waals surface area (Å²) in [5.41, 5.74) is 2.73. The van der Waals surface area contributed by atoms with Crippen molar-refractivity contribution in [1.82, 2.24) is 14.5 Å². The maximum atomic E-state index is 12.5. The third-order valence-corrected chi connectivity index (χ3v) is 5.41. The van der Waals surface area contributed by atoms with Crippen LogP contribution in [0.15, 0.2) is 77.8 Å². The zero-order valence-electron chi connectivity index (χ0n) is 14.0. The van der Waals surface area contributed by atoms with Crippen LogP contribution >= 0.6 is 0 Å². The molecule has 2 heterocycles. The number of anilines is 1. The second kappa shape index (κ2) is 6.27. The van der Waals surface area contributed by atoms with Crippen molar-refractivity contribution in [3.8, 4) is 5.69 Å². The lowest BCUT2D eigenvalue weighted by Crippen LogP contribution is -2.13. The lowest BCUT2D eigenvalue weighted by atomic mass is 10.3. The average molecular weight is 364 g/mol. The fourth-order valence-electron chi connectivity index (χ4n) is 2.87. The number of fused-ring (bicyclic) bond motifs is 1. The number of imidazole rings is 1. The van der Waals surface area contributed by atoms with Gasteiger partial charge in [-0.1, -0.05) is 18.2 Å². The van der Waals surface area contributed by atoms with Crippen molar-refractivity contribution in [1.29, 1.82) is 0 Å². The molecule has 0 saturated heterocycles. The van der Waals surface area contributed by atoms with E-state index in [0.29, 0.717) is 0 Å². The van der Waals surface area contributed by atoms with Crippen LogP contribution in [0.1, 0.15) is 5.82 Å². The molecule has 130 valence electrons. The molecule has 2 aromatic carbocycles. The topological polar surface area (TPSA) is 76.9 Å². The number of aromatic nitrogens is 3. The molecule has 0 aliphatic carbocycles. The molecule has 4 rings (SSSR count). The smallest absolute Gasteiger partial charge is 0.263 e. The van der Waals surface area contributed by atoms with Crippen molar-refractivity contribution in [3.63, 3.8) is 0 Å². The Hall–Kier alpha value is -3.19. The van der Waals surface area contributed by atoms with Gasteiger partial charge in [0.1, 0.15) is 11.6 Å². The fraction of sp³-hybridized carbons (Fsp3) is 0.0526. The Labute approximate surface area is 151 Å². The Bertz CT molecular complexity index is 1170. The zero-order chi connectivity index (χ0) is 18.1. The summed E-state index contributed by atoms with van der Waals surface area (Å²) in [5.74, 6) is 1.13. The fourth-order valence-corrected chi connectivity index (χ4v) is 3.87. The highest BCUT2D eigenvalue weighted by atomic mass is 32.2. The molecule has 0 saturated carbocycles. The number of hydrogen-bond donors (Lipinski definition) is 1. The first-order valence-electron chi connectivity index (χ1n) is 8.03. The van der Waals surface area contributed by atoms with Gasteiger partial charge in [0.15, 0.2) is 0 Å². The SMILES string of the molecule is Cc1nc2ccccc2n1-c1ccc(S(=O)(=O)Nc2ccccn2)cc1. The molecule has 1 N–H and O–H groups in total. The highest BCUT2D eigenvalue weighted by Crippen LogP contribution is 2.23. The minimum atomic E-state index is -3.69. The predicted octanol–water partition coefficient (Wildman–Crippen LogP) is 3.53. The minimum absolute atomic E-state index is 0.175. The van der Waals surface area contributed by atoms with Gasteiger partial charge in [-0.25, -0.2) is 18.4 Å². The van der Waals surface area contributed by atoms with E-state index in [1.807, 2.05) is 35.8 Å². The summed E-state index contributed by atoms with van der Waals surface area (Å²) in [5, 5.41) is 0. The molecule has 0 spiro atoms. The molecule has 0 bridgehead atoms. The standard InChI is InChI=1S/C19H16N4O2S/c1-14-21-17-6-2-3-7-18(17)23(14)15-9-11-16(12-10-15)26(24,25)22-19-8-4-5-13-20-19/h2-13H,1H3,(H,20,22). The largest absolute Gasteiger partial charge is 0.297 e. The minimum Gasteiger partial charge on any atom is -0.297 e. The first-order chi connectivity index (χ1) is 12.5. The maximum Gasteiger partial charge on any atom is 0.263 e. The van der Waals surface area contributed by atoms with E-state index in [9.17, 15) is 8.42 Å². The number of benzene rings is 2. The van der Waals surface area contributed by atoms with E-state index in [4.69, 9.17) is 0 Å². The number of para-hydroxylation sites is 2. The van der Waals surface area contributed by atoms with Crippen molar-refractivity contribution in [3.05, 3.63) is 78.8 Å². The second-order valence-corrected chi connectivity index (χ2v) is 7.48. The van der Waals surface area contributed by atoms with Gasteiger partial charge in [-0.3, -0.25) is 9.29 Å². The van der Waals surface area contributed by atoms with Gasteiger partial charge >= 0.3 is 0 Å². The molecule has 0 amide bonds. The molecule has 26 heavy (non-hydrogen) atoms. The molecular weight excluding hydrogens is 348 g/mol. The van der Waals surface area contributed by atoms with Crippen molar-refractivity contribution in [2.45, 2.75) is 11.8 Å². The van der Waals surface area contributed by atoms with Crippen LogP contribution in [-0.2, 0) is 10.0 Å². The Morgan fingerprint density at radius 2 is 1.65 bits per heavy atom. The third kappa shape index (κ3) is 2.93. The normalized spacial score (nSPS) is 11.6. The predicted molar refractivity (Wildman–Crippen MR) is 101 cm³/mol. The first kappa shape index (κ1) is 16.3. The van der Waals surface area contributed by atoms with E-state index in [0.717, 1.165) is 22.5 Å². The van der Waals surface area contributed by atoms with Gasteiger partial charge in [0.05, 0.1) is 15.9 Å². The maximum absolute atomic E-state index is 12.5. The lowest BCUT2D eigenvalue weighted by Gasteiger charge is -2.10. The van der Waals surface area contributed by atoms with E-state index >= 15 is 0 Å². The van der Waals surface area contributed by atoms with E-state index < -0.39 is 10.0 Å². The molecule has 0 unspecified atom stereocenters. The molecule has 0 aliphatic heterocycles. The second-order valence-electron chi connectivity index (χ2n) is 5.80. The van der Waals surface area contributed by atoms with Crippen LogP contribution in [0.4, 0.5) is 5.82 Å². The monoisotopic (exact) mass is 364 g/mol. The van der Waals surface area contributed by atoms with Gasteiger partial charge in [0.25, 0.3) is 10.0 Å². The molecule has 7 heteroatoms.